The highest BCUT2D eigenvalue weighted by Crippen LogP contribution is 2.23. The van der Waals surface area contributed by atoms with Crippen LogP contribution in [0.15, 0.2) is 67.1 Å². The van der Waals surface area contributed by atoms with Crippen LogP contribution in [0.2, 0.25) is 5.02 Å². The van der Waals surface area contributed by atoms with Gasteiger partial charge in [0.15, 0.2) is 5.65 Å². The lowest BCUT2D eigenvalue weighted by molar-refractivity contribution is 0.282. The van der Waals surface area contributed by atoms with Crippen molar-refractivity contribution in [1.82, 2.24) is 14.4 Å². The van der Waals surface area contributed by atoms with E-state index in [0.717, 1.165) is 33.7 Å². The molecule has 0 radical (unpaired) electrons. The average molecular weight is 336 g/mol. The molecule has 0 aliphatic carbocycles. The number of aliphatic hydroxyl groups is 1. The molecule has 0 aliphatic heterocycles. The molecule has 0 amide bonds. The van der Waals surface area contributed by atoms with Crippen molar-refractivity contribution in [2.75, 3.05) is 0 Å². The van der Waals surface area contributed by atoms with Gasteiger partial charge in [0.1, 0.15) is 0 Å². The Morgan fingerprint density at radius 3 is 2.54 bits per heavy atom. The molecule has 0 aliphatic rings. The van der Waals surface area contributed by atoms with Gasteiger partial charge in [0.25, 0.3) is 0 Å². The normalized spacial score (nSPS) is 11.1. The number of nitrogens with zero attached hydrogens (tertiary/aromatic N) is 3. The van der Waals surface area contributed by atoms with Crippen molar-refractivity contribution in [1.29, 1.82) is 0 Å². The topological polar surface area (TPSA) is 50.4 Å². The fourth-order valence-corrected chi connectivity index (χ4v) is 2.76. The van der Waals surface area contributed by atoms with E-state index in [1.165, 1.54) is 0 Å². The van der Waals surface area contributed by atoms with Gasteiger partial charge in [0.2, 0.25) is 0 Å². The zero-order valence-electron chi connectivity index (χ0n) is 12.7. The highest BCUT2D eigenvalue weighted by Gasteiger charge is 2.07. The first-order chi connectivity index (χ1) is 11.7. The van der Waals surface area contributed by atoms with Gasteiger partial charge in [-0.25, -0.2) is 4.98 Å². The molecule has 4 rings (SSSR count). The van der Waals surface area contributed by atoms with Crippen LogP contribution in [0.3, 0.4) is 0 Å². The minimum Gasteiger partial charge on any atom is -0.392 e. The monoisotopic (exact) mass is 335 g/mol. The van der Waals surface area contributed by atoms with Crippen molar-refractivity contribution in [2.24, 2.45) is 0 Å². The summed E-state index contributed by atoms with van der Waals surface area (Å²) in [5, 5.41) is 9.99. The predicted octanol–water partition coefficient (Wildman–Crippen LogP) is 4.21. The van der Waals surface area contributed by atoms with E-state index >= 15 is 0 Å². The molecule has 0 unspecified atom stereocenters. The fraction of sp³-hybridized carbons (Fsp3) is 0.0526. The Labute approximate surface area is 144 Å². The fourth-order valence-electron chi connectivity index (χ4n) is 2.64. The van der Waals surface area contributed by atoms with E-state index in [0.29, 0.717) is 5.02 Å². The maximum atomic E-state index is 9.28. The molecule has 0 saturated carbocycles. The lowest BCUT2D eigenvalue weighted by Gasteiger charge is -2.03. The Hall–Kier alpha value is -2.69. The second-order valence-electron chi connectivity index (χ2n) is 5.53. The molecular formula is C19H14ClN3O. The van der Waals surface area contributed by atoms with Crippen LogP contribution < -0.4 is 0 Å². The Balaban J connectivity index is 1.76. The summed E-state index contributed by atoms with van der Waals surface area (Å²) in [6, 6.07) is 15.3. The van der Waals surface area contributed by atoms with E-state index in [4.69, 9.17) is 11.6 Å². The van der Waals surface area contributed by atoms with E-state index in [-0.39, 0.29) is 6.61 Å². The number of aromatic nitrogens is 3. The summed E-state index contributed by atoms with van der Waals surface area (Å²) >= 11 is 5.94. The van der Waals surface area contributed by atoms with E-state index in [9.17, 15) is 5.11 Å². The van der Waals surface area contributed by atoms with E-state index in [2.05, 4.69) is 9.97 Å². The van der Waals surface area contributed by atoms with Crippen LogP contribution in [-0.2, 0) is 6.61 Å². The molecule has 2 aromatic heterocycles. The molecule has 118 valence electrons. The summed E-state index contributed by atoms with van der Waals surface area (Å²) in [6.07, 6.45) is 5.66. The number of aliphatic hydroxyl groups excluding tert-OH is 1. The predicted molar refractivity (Wildman–Crippen MR) is 94.8 cm³/mol. The van der Waals surface area contributed by atoms with Crippen molar-refractivity contribution in [2.45, 2.75) is 6.61 Å². The van der Waals surface area contributed by atoms with Crippen molar-refractivity contribution in [3.05, 3.63) is 77.7 Å². The Morgan fingerprint density at radius 1 is 0.958 bits per heavy atom. The van der Waals surface area contributed by atoms with Gasteiger partial charge in [0, 0.05) is 28.5 Å². The molecule has 1 N–H and O–H groups in total. The Morgan fingerprint density at radius 2 is 1.75 bits per heavy atom. The van der Waals surface area contributed by atoms with Gasteiger partial charge in [-0.15, -0.1) is 0 Å². The highest BCUT2D eigenvalue weighted by molar-refractivity contribution is 6.30. The van der Waals surface area contributed by atoms with Gasteiger partial charge in [-0.2, -0.15) is 0 Å². The van der Waals surface area contributed by atoms with Crippen LogP contribution in [0, 0.1) is 0 Å². The maximum absolute atomic E-state index is 9.28. The number of benzene rings is 2. The summed E-state index contributed by atoms with van der Waals surface area (Å²) in [7, 11) is 0. The minimum absolute atomic E-state index is 0.0157. The minimum atomic E-state index is 0.0157. The zero-order valence-corrected chi connectivity index (χ0v) is 13.5. The second kappa shape index (κ2) is 6.07. The third-order valence-corrected chi connectivity index (χ3v) is 4.14. The summed E-state index contributed by atoms with van der Waals surface area (Å²) in [4.78, 5) is 9.09. The third-order valence-electron chi connectivity index (χ3n) is 3.89. The van der Waals surface area contributed by atoms with Crippen molar-refractivity contribution in [3.8, 4) is 22.5 Å². The lowest BCUT2D eigenvalue weighted by Crippen LogP contribution is -1.91. The molecule has 5 heteroatoms. The van der Waals surface area contributed by atoms with Crippen LogP contribution in [0.25, 0.3) is 28.2 Å². The SMILES string of the molecule is OCc1cccc(-c2cn3cc(-c4ccc(Cl)cc4)nc3cn2)c1. The number of halogens is 1. The molecular weight excluding hydrogens is 322 g/mol. The maximum Gasteiger partial charge on any atom is 0.156 e. The van der Waals surface area contributed by atoms with Gasteiger partial charge in [0.05, 0.1) is 24.2 Å². The molecule has 24 heavy (non-hydrogen) atoms. The summed E-state index contributed by atoms with van der Waals surface area (Å²) in [5.74, 6) is 0. The molecule has 4 nitrogen and oxygen atoms in total. The second-order valence-corrected chi connectivity index (χ2v) is 5.97. The average Bonchev–Trinajstić information content (AvgIpc) is 3.05. The highest BCUT2D eigenvalue weighted by atomic mass is 35.5. The largest absolute Gasteiger partial charge is 0.392 e. The molecule has 4 aromatic rings. The lowest BCUT2D eigenvalue weighted by atomic mass is 10.1. The quantitative estimate of drug-likeness (QED) is 0.610. The van der Waals surface area contributed by atoms with Gasteiger partial charge in [-0.3, -0.25) is 4.98 Å². The van der Waals surface area contributed by atoms with E-state index < -0.39 is 0 Å². The summed E-state index contributed by atoms with van der Waals surface area (Å²) in [5.41, 5.74) is 5.31. The number of hydrogen-bond acceptors (Lipinski definition) is 3. The first-order valence-corrected chi connectivity index (χ1v) is 7.91. The van der Waals surface area contributed by atoms with Crippen LogP contribution in [0.1, 0.15) is 5.56 Å². The van der Waals surface area contributed by atoms with Gasteiger partial charge in [-0.1, -0.05) is 41.9 Å². The first kappa shape index (κ1) is 14.9. The van der Waals surface area contributed by atoms with Gasteiger partial charge >= 0.3 is 0 Å². The zero-order chi connectivity index (χ0) is 16.5. The van der Waals surface area contributed by atoms with E-state index in [1.807, 2.05) is 65.3 Å². The Kier molecular flexibility index (Phi) is 3.76. The van der Waals surface area contributed by atoms with Crippen LogP contribution in [0.5, 0.6) is 0 Å². The van der Waals surface area contributed by atoms with Crippen LogP contribution in [0.4, 0.5) is 0 Å². The van der Waals surface area contributed by atoms with Crippen LogP contribution in [-0.4, -0.2) is 19.5 Å². The molecule has 0 bridgehead atoms. The number of imidazole rings is 1. The summed E-state index contributed by atoms with van der Waals surface area (Å²) in [6.45, 7) is 0.0157. The molecule has 2 heterocycles. The molecule has 0 atom stereocenters. The molecule has 0 saturated heterocycles. The third kappa shape index (κ3) is 2.77. The smallest absolute Gasteiger partial charge is 0.156 e. The van der Waals surface area contributed by atoms with Gasteiger partial charge < -0.3 is 9.51 Å². The number of rotatable bonds is 3. The molecule has 0 fully saturated rings. The molecule has 0 spiro atoms. The van der Waals surface area contributed by atoms with Crippen molar-refractivity contribution in [3.63, 3.8) is 0 Å². The van der Waals surface area contributed by atoms with Crippen molar-refractivity contribution >= 4 is 17.2 Å². The number of fused-ring (bicyclic) bond motifs is 1. The molecule has 2 aromatic carbocycles. The first-order valence-electron chi connectivity index (χ1n) is 7.54. The van der Waals surface area contributed by atoms with Crippen molar-refractivity contribution < 1.29 is 5.11 Å². The van der Waals surface area contributed by atoms with E-state index in [1.54, 1.807) is 6.20 Å². The Bertz CT molecular complexity index is 1010. The van der Waals surface area contributed by atoms with Crippen LogP contribution >= 0.6 is 11.6 Å². The summed E-state index contributed by atoms with van der Waals surface area (Å²) < 4.78 is 1.96. The standard InChI is InChI=1S/C19H14ClN3O/c20-16-6-4-14(5-7-16)18-11-23-10-17(21-9-19(23)22-18)15-3-1-2-13(8-15)12-24/h1-11,24H,12H2. The number of hydrogen-bond donors (Lipinski definition) is 1. The van der Waals surface area contributed by atoms with Gasteiger partial charge in [-0.05, 0) is 23.8 Å².